The summed E-state index contributed by atoms with van der Waals surface area (Å²) in [7, 11) is 0. The normalized spacial score (nSPS) is 30.9. The van der Waals surface area contributed by atoms with E-state index in [2.05, 4.69) is 5.32 Å². The minimum atomic E-state index is -1.29. The number of carboxylic acid groups (broad SMARTS) is 1. The summed E-state index contributed by atoms with van der Waals surface area (Å²) < 4.78 is 5.17. The van der Waals surface area contributed by atoms with Crippen molar-refractivity contribution in [1.82, 2.24) is 0 Å². The van der Waals surface area contributed by atoms with Gasteiger partial charge in [-0.25, -0.2) is 4.79 Å². The van der Waals surface area contributed by atoms with Gasteiger partial charge in [-0.05, 0) is 24.3 Å². The Balaban J connectivity index is 2.03. The molecule has 0 radical (unpaired) electrons. The summed E-state index contributed by atoms with van der Waals surface area (Å²) in [6.45, 7) is -0.0941. The lowest BCUT2D eigenvalue weighted by atomic mass is 10.0. The molecule has 0 saturated carbocycles. The fourth-order valence-corrected chi connectivity index (χ4v) is 1.81. The highest BCUT2D eigenvalue weighted by Crippen LogP contribution is 2.19. The Morgan fingerprint density at radius 1 is 1.16 bits per heavy atom. The number of aliphatic hydroxyl groups excluding tert-OH is 3. The van der Waals surface area contributed by atoms with E-state index in [0.717, 1.165) is 0 Å². The zero-order valence-electron chi connectivity index (χ0n) is 9.93. The van der Waals surface area contributed by atoms with Crippen LogP contribution in [0.15, 0.2) is 24.3 Å². The lowest BCUT2D eigenvalue weighted by Gasteiger charge is -2.35. The van der Waals surface area contributed by atoms with Crippen molar-refractivity contribution in [3.05, 3.63) is 29.8 Å². The van der Waals surface area contributed by atoms with Crippen molar-refractivity contribution in [1.29, 1.82) is 0 Å². The lowest BCUT2D eigenvalue weighted by molar-refractivity contribution is -0.178. The molecule has 0 bridgehead atoms. The average molecular weight is 269 g/mol. The molecule has 1 saturated heterocycles. The van der Waals surface area contributed by atoms with Crippen molar-refractivity contribution in [2.45, 2.75) is 24.5 Å². The molecule has 104 valence electrons. The number of aromatic carboxylic acids is 1. The number of hydrogen-bond acceptors (Lipinski definition) is 6. The zero-order chi connectivity index (χ0) is 14.0. The number of hydrogen-bond donors (Lipinski definition) is 5. The van der Waals surface area contributed by atoms with Gasteiger partial charge < -0.3 is 30.5 Å². The van der Waals surface area contributed by atoms with Crippen molar-refractivity contribution >= 4 is 11.7 Å². The van der Waals surface area contributed by atoms with Crippen LogP contribution in [0.4, 0.5) is 5.69 Å². The fraction of sp³-hybridized carbons (Fsp3) is 0.417. The van der Waals surface area contributed by atoms with Crippen LogP contribution in [-0.4, -0.2) is 57.5 Å². The van der Waals surface area contributed by atoms with E-state index in [-0.39, 0.29) is 12.2 Å². The number of nitrogens with one attached hydrogen (secondary N) is 1. The minimum absolute atomic E-state index is 0.0941. The highest BCUT2D eigenvalue weighted by atomic mass is 16.5. The highest BCUT2D eigenvalue weighted by molar-refractivity contribution is 5.87. The molecule has 19 heavy (non-hydrogen) atoms. The fourth-order valence-electron chi connectivity index (χ4n) is 1.81. The molecular formula is C12H15NO6. The Hall–Kier alpha value is -1.67. The van der Waals surface area contributed by atoms with E-state index in [4.69, 9.17) is 9.84 Å². The van der Waals surface area contributed by atoms with Gasteiger partial charge >= 0.3 is 5.97 Å². The van der Waals surface area contributed by atoms with Crippen LogP contribution in [0.2, 0.25) is 0 Å². The first kappa shape index (κ1) is 13.8. The molecule has 0 spiro atoms. The Labute approximate surface area is 109 Å². The summed E-state index contributed by atoms with van der Waals surface area (Å²) in [5.74, 6) is -1.03. The van der Waals surface area contributed by atoms with Gasteiger partial charge in [0.05, 0.1) is 12.2 Å². The number of aliphatic hydroxyl groups is 3. The molecule has 7 nitrogen and oxygen atoms in total. The van der Waals surface area contributed by atoms with Crippen LogP contribution in [-0.2, 0) is 4.74 Å². The van der Waals surface area contributed by atoms with E-state index in [1.54, 1.807) is 0 Å². The molecule has 0 aromatic heterocycles. The van der Waals surface area contributed by atoms with Crippen molar-refractivity contribution in [3.63, 3.8) is 0 Å². The number of benzene rings is 1. The molecule has 2 rings (SSSR count). The molecule has 0 unspecified atom stereocenters. The smallest absolute Gasteiger partial charge is 0.335 e. The summed E-state index contributed by atoms with van der Waals surface area (Å²) in [6, 6.07) is 5.87. The maximum atomic E-state index is 10.7. The summed E-state index contributed by atoms with van der Waals surface area (Å²) in [6.07, 6.45) is -4.55. The molecule has 5 N–H and O–H groups in total. The van der Waals surface area contributed by atoms with Crippen LogP contribution >= 0.6 is 0 Å². The second-order valence-corrected chi connectivity index (χ2v) is 4.33. The molecule has 1 aromatic rings. The van der Waals surface area contributed by atoms with E-state index in [1.165, 1.54) is 24.3 Å². The van der Waals surface area contributed by atoms with Gasteiger partial charge in [0.25, 0.3) is 0 Å². The molecule has 1 aliphatic heterocycles. The van der Waals surface area contributed by atoms with Gasteiger partial charge in [0.2, 0.25) is 0 Å². The van der Waals surface area contributed by atoms with Gasteiger partial charge in [0, 0.05) is 5.69 Å². The molecule has 4 atom stereocenters. The summed E-state index contributed by atoms with van der Waals surface area (Å²) in [5.41, 5.74) is 0.684. The minimum Gasteiger partial charge on any atom is -0.478 e. The number of rotatable bonds is 3. The first-order valence-electron chi connectivity index (χ1n) is 5.74. The van der Waals surface area contributed by atoms with Gasteiger partial charge in [-0.1, -0.05) is 0 Å². The number of carboxylic acids is 1. The quantitative estimate of drug-likeness (QED) is 0.489. The van der Waals surface area contributed by atoms with Gasteiger partial charge in [-0.15, -0.1) is 0 Å². The first-order valence-corrected chi connectivity index (χ1v) is 5.74. The highest BCUT2D eigenvalue weighted by Gasteiger charge is 2.37. The van der Waals surface area contributed by atoms with E-state index in [1.807, 2.05) is 0 Å². The molecule has 1 fully saturated rings. The molecule has 0 aliphatic carbocycles. The Morgan fingerprint density at radius 2 is 1.79 bits per heavy atom. The third kappa shape index (κ3) is 3.02. The van der Waals surface area contributed by atoms with Crippen molar-refractivity contribution in [3.8, 4) is 0 Å². The third-order valence-electron chi connectivity index (χ3n) is 2.94. The Morgan fingerprint density at radius 3 is 2.37 bits per heavy atom. The van der Waals surface area contributed by atoms with Gasteiger partial charge in [0.1, 0.15) is 18.3 Å². The van der Waals surface area contributed by atoms with E-state index in [9.17, 15) is 20.1 Å². The first-order chi connectivity index (χ1) is 8.99. The van der Waals surface area contributed by atoms with E-state index < -0.39 is 30.5 Å². The maximum absolute atomic E-state index is 10.7. The summed E-state index contributed by atoms with van der Waals surface area (Å²) >= 11 is 0. The van der Waals surface area contributed by atoms with E-state index >= 15 is 0 Å². The molecule has 1 aliphatic rings. The van der Waals surface area contributed by atoms with Crippen LogP contribution in [0, 0.1) is 0 Å². The van der Waals surface area contributed by atoms with Crippen molar-refractivity contribution < 1.29 is 30.0 Å². The molecule has 1 aromatic carbocycles. The van der Waals surface area contributed by atoms with Crippen LogP contribution in [0.1, 0.15) is 10.4 Å². The molecule has 0 amide bonds. The summed E-state index contributed by atoms with van der Waals surface area (Å²) in [5, 5.41) is 40.1. The average Bonchev–Trinajstić information content (AvgIpc) is 2.40. The molecule has 1 heterocycles. The topological polar surface area (TPSA) is 119 Å². The maximum Gasteiger partial charge on any atom is 0.335 e. The molecule has 7 heteroatoms. The SMILES string of the molecule is O=C(O)c1ccc(N[C@H]2OC[C@@H](O)[C@@H](O)[C@@H]2O)cc1. The number of anilines is 1. The monoisotopic (exact) mass is 269 g/mol. The van der Waals surface area contributed by atoms with Gasteiger partial charge in [-0.2, -0.15) is 0 Å². The van der Waals surface area contributed by atoms with Gasteiger partial charge in [0.15, 0.2) is 6.23 Å². The predicted octanol–water partition coefficient (Wildman–Crippen LogP) is -0.764. The van der Waals surface area contributed by atoms with Crippen LogP contribution in [0.3, 0.4) is 0 Å². The van der Waals surface area contributed by atoms with Crippen molar-refractivity contribution in [2.24, 2.45) is 0 Å². The Kier molecular flexibility index (Phi) is 4.01. The zero-order valence-corrected chi connectivity index (χ0v) is 9.93. The lowest BCUT2D eigenvalue weighted by Crippen LogP contribution is -2.55. The van der Waals surface area contributed by atoms with Crippen LogP contribution in [0.25, 0.3) is 0 Å². The van der Waals surface area contributed by atoms with E-state index in [0.29, 0.717) is 5.69 Å². The second kappa shape index (κ2) is 5.54. The van der Waals surface area contributed by atoms with Crippen molar-refractivity contribution in [2.75, 3.05) is 11.9 Å². The summed E-state index contributed by atoms with van der Waals surface area (Å²) in [4.78, 5) is 10.7. The van der Waals surface area contributed by atoms with Crippen LogP contribution < -0.4 is 5.32 Å². The molecular weight excluding hydrogens is 254 g/mol. The standard InChI is InChI=1S/C12H15NO6/c14-8-5-19-11(10(16)9(8)15)13-7-3-1-6(2-4-7)12(17)18/h1-4,8-11,13-16H,5H2,(H,17,18)/t8-,9-,10+,11+/m1/s1. The number of carbonyl (C=O) groups is 1. The predicted molar refractivity (Wildman–Crippen MR) is 64.8 cm³/mol. The largest absolute Gasteiger partial charge is 0.478 e. The van der Waals surface area contributed by atoms with Gasteiger partial charge in [-0.3, -0.25) is 0 Å². The second-order valence-electron chi connectivity index (χ2n) is 4.33. The number of ether oxygens (including phenoxy) is 1. The third-order valence-corrected chi connectivity index (χ3v) is 2.94. The Bertz CT molecular complexity index is 448. The van der Waals surface area contributed by atoms with Crippen LogP contribution in [0.5, 0.6) is 0 Å².